The van der Waals surface area contributed by atoms with Crippen LogP contribution in [0, 0.1) is 0 Å². The Morgan fingerprint density at radius 2 is 1.79 bits per heavy atom. The van der Waals surface area contributed by atoms with Crippen LogP contribution in [0.3, 0.4) is 0 Å². The third-order valence-corrected chi connectivity index (χ3v) is 3.46. The SMILES string of the molecule is CC(C)(C)OC(=O)NC(Cc1ccc(N)c2ccccc12)C(=O)O. The van der Waals surface area contributed by atoms with E-state index in [1.54, 1.807) is 32.9 Å². The Hall–Kier alpha value is -2.76. The van der Waals surface area contributed by atoms with Crippen LogP contribution in [0.25, 0.3) is 10.8 Å². The summed E-state index contributed by atoms with van der Waals surface area (Å²) in [7, 11) is 0. The van der Waals surface area contributed by atoms with Gasteiger partial charge in [-0.2, -0.15) is 0 Å². The van der Waals surface area contributed by atoms with Gasteiger partial charge in [-0.1, -0.05) is 30.3 Å². The Kier molecular flexibility index (Phi) is 4.97. The van der Waals surface area contributed by atoms with E-state index in [2.05, 4.69) is 5.32 Å². The number of fused-ring (bicyclic) bond motifs is 1. The summed E-state index contributed by atoms with van der Waals surface area (Å²) in [6.45, 7) is 5.15. The Morgan fingerprint density at radius 1 is 1.17 bits per heavy atom. The lowest BCUT2D eigenvalue weighted by Gasteiger charge is -2.22. The highest BCUT2D eigenvalue weighted by Crippen LogP contribution is 2.25. The summed E-state index contributed by atoms with van der Waals surface area (Å²) in [5, 5.41) is 13.6. The van der Waals surface area contributed by atoms with Crippen molar-refractivity contribution in [3.8, 4) is 0 Å². The molecule has 24 heavy (non-hydrogen) atoms. The molecule has 0 spiro atoms. The van der Waals surface area contributed by atoms with Crippen LogP contribution in [0.4, 0.5) is 10.5 Å². The fourth-order valence-electron chi connectivity index (χ4n) is 2.43. The highest BCUT2D eigenvalue weighted by molar-refractivity contribution is 5.95. The molecule has 0 aliphatic carbocycles. The van der Waals surface area contributed by atoms with Crippen LogP contribution in [0.1, 0.15) is 26.3 Å². The predicted molar refractivity (Wildman–Crippen MR) is 92.9 cm³/mol. The van der Waals surface area contributed by atoms with Gasteiger partial charge in [-0.05, 0) is 37.8 Å². The van der Waals surface area contributed by atoms with E-state index in [0.717, 1.165) is 16.3 Å². The van der Waals surface area contributed by atoms with Gasteiger partial charge in [-0.25, -0.2) is 9.59 Å². The van der Waals surface area contributed by atoms with Crippen molar-refractivity contribution in [2.75, 3.05) is 5.73 Å². The van der Waals surface area contributed by atoms with Crippen molar-refractivity contribution in [1.29, 1.82) is 0 Å². The quantitative estimate of drug-likeness (QED) is 0.748. The number of aliphatic carboxylic acids is 1. The number of carbonyl (C=O) groups excluding carboxylic acids is 1. The smallest absolute Gasteiger partial charge is 0.408 e. The molecule has 1 amide bonds. The average Bonchev–Trinajstić information content (AvgIpc) is 2.47. The second-order valence-corrected chi connectivity index (χ2v) is 6.60. The van der Waals surface area contributed by atoms with E-state index in [4.69, 9.17) is 10.5 Å². The second kappa shape index (κ2) is 6.78. The van der Waals surface area contributed by atoms with Gasteiger partial charge in [-0.3, -0.25) is 0 Å². The molecule has 128 valence electrons. The molecule has 2 aromatic rings. The van der Waals surface area contributed by atoms with E-state index in [9.17, 15) is 14.7 Å². The van der Waals surface area contributed by atoms with E-state index < -0.39 is 23.7 Å². The lowest BCUT2D eigenvalue weighted by molar-refractivity contribution is -0.139. The number of nitrogens with one attached hydrogen (secondary N) is 1. The highest BCUT2D eigenvalue weighted by atomic mass is 16.6. The monoisotopic (exact) mass is 330 g/mol. The van der Waals surface area contributed by atoms with E-state index >= 15 is 0 Å². The van der Waals surface area contributed by atoms with E-state index in [1.165, 1.54) is 0 Å². The maximum absolute atomic E-state index is 11.9. The van der Waals surface area contributed by atoms with Crippen molar-refractivity contribution in [2.45, 2.75) is 38.8 Å². The summed E-state index contributed by atoms with van der Waals surface area (Å²) in [4.78, 5) is 23.4. The molecule has 4 N–H and O–H groups in total. The zero-order chi connectivity index (χ0) is 17.9. The summed E-state index contributed by atoms with van der Waals surface area (Å²) in [5.41, 5.74) is 6.69. The summed E-state index contributed by atoms with van der Waals surface area (Å²) in [6.07, 6.45) is -0.621. The summed E-state index contributed by atoms with van der Waals surface area (Å²) in [5.74, 6) is -1.12. The lowest BCUT2D eigenvalue weighted by Crippen LogP contribution is -2.44. The Morgan fingerprint density at radius 3 is 2.38 bits per heavy atom. The van der Waals surface area contributed by atoms with Gasteiger partial charge in [0.2, 0.25) is 0 Å². The van der Waals surface area contributed by atoms with Crippen LogP contribution in [0.2, 0.25) is 0 Å². The molecule has 0 aliphatic heterocycles. The van der Waals surface area contributed by atoms with Gasteiger partial charge in [0.05, 0.1) is 0 Å². The number of hydrogen-bond acceptors (Lipinski definition) is 4. The summed E-state index contributed by atoms with van der Waals surface area (Å²) >= 11 is 0. The Balaban J connectivity index is 2.24. The summed E-state index contributed by atoms with van der Waals surface area (Å²) in [6, 6.07) is 9.93. The fourth-order valence-corrected chi connectivity index (χ4v) is 2.43. The molecule has 2 aromatic carbocycles. The molecule has 2 rings (SSSR count). The molecular weight excluding hydrogens is 308 g/mol. The number of ether oxygens (including phenoxy) is 1. The van der Waals surface area contributed by atoms with Crippen LogP contribution in [-0.2, 0) is 16.0 Å². The standard InChI is InChI=1S/C18H22N2O4/c1-18(2,3)24-17(23)20-15(16(21)22)10-11-8-9-14(19)13-7-5-4-6-12(11)13/h4-9,15H,10,19H2,1-3H3,(H,20,23)(H,21,22). The number of carboxylic acids is 1. The minimum atomic E-state index is -1.12. The molecule has 1 atom stereocenters. The maximum atomic E-state index is 11.9. The van der Waals surface area contributed by atoms with Crippen LogP contribution in [0.15, 0.2) is 36.4 Å². The van der Waals surface area contributed by atoms with E-state index in [0.29, 0.717) is 5.69 Å². The lowest BCUT2D eigenvalue weighted by atomic mass is 9.98. The molecule has 0 aromatic heterocycles. The zero-order valence-electron chi connectivity index (χ0n) is 14.0. The van der Waals surface area contributed by atoms with Crippen LogP contribution in [0.5, 0.6) is 0 Å². The summed E-state index contributed by atoms with van der Waals surface area (Å²) < 4.78 is 5.13. The molecule has 0 heterocycles. The largest absolute Gasteiger partial charge is 0.480 e. The number of nitrogens with two attached hydrogens (primary N) is 1. The molecule has 0 fully saturated rings. The number of alkyl carbamates (subject to hydrolysis) is 1. The third kappa shape index (κ3) is 4.38. The number of benzene rings is 2. The molecule has 0 saturated carbocycles. The molecule has 0 radical (unpaired) electrons. The first-order valence-corrected chi connectivity index (χ1v) is 7.66. The number of nitrogen functional groups attached to an aromatic ring is 1. The van der Waals surface area contributed by atoms with Crippen molar-refractivity contribution in [3.05, 3.63) is 42.0 Å². The first-order valence-electron chi connectivity index (χ1n) is 7.66. The van der Waals surface area contributed by atoms with E-state index in [-0.39, 0.29) is 6.42 Å². The molecule has 1 unspecified atom stereocenters. The first kappa shape index (κ1) is 17.6. The van der Waals surface area contributed by atoms with Crippen molar-refractivity contribution < 1.29 is 19.4 Å². The minimum Gasteiger partial charge on any atom is -0.480 e. The maximum Gasteiger partial charge on any atom is 0.408 e. The molecule has 0 aliphatic rings. The van der Waals surface area contributed by atoms with Crippen LogP contribution >= 0.6 is 0 Å². The average molecular weight is 330 g/mol. The van der Waals surface area contributed by atoms with Gasteiger partial charge in [0.1, 0.15) is 11.6 Å². The van der Waals surface area contributed by atoms with Crippen molar-refractivity contribution in [2.24, 2.45) is 0 Å². The molecule has 6 nitrogen and oxygen atoms in total. The number of hydrogen-bond donors (Lipinski definition) is 3. The number of rotatable bonds is 4. The van der Waals surface area contributed by atoms with Gasteiger partial charge < -0.3 is 20.9 Å². The molecule has 0 bridgehead atoms. The predicted octanol–water partition coefficient (Wildman–Crippen LogP) is 2.94. The topological polar surface area (TPSA) is 102 Å². The third-order valence-electron chi connectivity index (χ3n) is 3.46. The number of anilines is 1. The zero-order valence-corrected chi connectivity index (χ0v) is 14.0. The number of carboxylic acid groups (broad SMARTS) is 1. The van der Waals surface area contributed by atoms with Gasteiger partial charge in [0, 0.05) is 17.5 Å². The highest BCUT2D eigenvalue weighted by Gasteiger charge is 2.24. The Bertz CT molecular complexity index is 765. The van der Waals surface area contributed by atoms with Gasteiger partial charge in [-0.15, -0.1) is 0 Å². The van der Waals surface area contributed by atoms with Crippen molar-refractivity contribution in [1.82, 2.24) is 5.32 Å². The second-order valence-electron chi connectivity index (χ2n) is 6.60. The molecule has 0 saturated heterocycles. The number of amides is 1. The van der Waals surface area contributed by atoms with Gasteiger partial charge in [0.25, 0.3) is 0 Å². The van der Waals surface area contributed by atoms with Crippen molar-refractivity contribution >= 4 is 28.5 Å². The van der Waals surface area contributed by atoms with E-state index in [1.807, 2.05) is 24.3 Å². The molecule has 6 heteroatoms. The fraction of sp³-hybridized carbons (Fsp3) is 0.333. The molecular formula is C18H22N2O4. The van der Waals surface area contributed by atoms with Gasteiger partial charge >= 0.3 is 12.1 Å². The Labute approximate surface area is 140 Å². The van der Waals surface area contributed by atoms with Gasteiger partial charge in [0.15, 0.2) is 0 Å². The van der Waals surface area contributed by atoms with Crippen LogP contribution in [-0.4, -0.2) is 28.8 Å². The number of carbonyl (C=O) groups is 2. The van der Waals surface area contributed by atoms with Crippen molar-refractivity contribution in [3.63, 3.8) is 0 Å². The normalized spacial score (nSPS) is 12.6. The minimum absolute atomic E-state index is 0.134. The van der Waals surface area contributed by atoms with Crippen LogP contribution < -0.4 is 11.1 Å². The first-order chi connectivity index (χ1) is 11.2.